The molecule has 2 nitrogen and oxygen atoms in total. The number of fused-ring (bicyclic) bond motifs is 1. The Hall–Kier alpha value is -1.46. The maximum atomic E-state index is 14.1. The van der Waals surface area contributed by atoms with E-state index in [9.17, 15) is 4.39 Å². The van der Waals surface area contributed by atoms with Crippen molar-refractivity contribution in [2.24, 2.45) is 0 Å². The Bertz CT molecular complexity index is 662. The van der Waals surface area contributed by atoms with Crippen LogP contribution in [0.15, 0.2) is 60.7 Å². The zero-order valence-electron chi connectivity index (χ0n) is 11.2. The summed E-state index contributed by atoms with van der Waals surface area (Å²) in [5, 5.41) is 0.837. The molecule has 1 heterocycles. The topological polar surface area (TPSA) is 6.48 Å². The second-order valence-electron chi connectivity index (χ2n) is 4.50. The number of halogens is 2. The summed E-state index contributed by atoms with van der Waals surface area (Å²) in [7, 11) is 0. The van der Waals surface area contributed by atoms with Crippen molar-refractivity contribution < 1.29 is 4.39 Å². The highest BCUT2D eigenvalue weighted by Gasteiger charge is 2.28. The normalized spacial score (nSPS) is 14.0. The van der Waals surface area contributed by atoms with Gasteiger partial charge in [0.25, 0.3) is 0 Å². The molecule has 1 aliphatic heterocycles. The van der Waals surface area contributed by atoms with Crippen LogP contribution < -0.4 is 8.61 Å². The number of anilines is 3. The Morgan fingerprint density at radius 3 is 2.33 bits per heavy atom. The average Bonchev–Trinajstić information content (AvgIpc) is 2.87. The largest absolute Gasteiger partial charge is 0.292 e. The van der Waals surface area contributed by atoms with E-state index in [2.05, 4.69) is 38.5 Å². The van der Waals surface area contributed by atoms with Crippen LogP contribution in [-0.4, -0.2) is 11.9 Å². The minimum absolute atomic E-state index is 0.211. The molecule has 5 heteroatoms. The fourth-order valence-corrected chi connectivity index (χ4v) is 3.52. The van der Waals surface area contributed by atoms with Crippen LogP contribution in [0, 0.1) is 5.82 Å². The lowest BCUT2D eigenvalue weighted by Crippen LogP contribution is -2.13. The first-order valence-corrected chi connectivity index (χ1v) is 8.46. The van der Waals surface area contributed by atoms with Crippen LogP contribution in [-0.2, 0) is 0 Å². The molecule has 0 radical (unpaired) electrons. The molecule has 0 spiro atoms. The van der Waals surface area contributed by atoms with E-state index in [0.29, 0.717) is 5.69 Å². The predicted octanol–water partition coefficient (Wildman–Crippen LogP) is 5.30. The lowest BCUT2D eigenvalue weighted by Gasteiger charge is -2.18. The number of allylic oxidation sites excluding steroid dienone is 1. The van der Waals surface area contributed by atoms with Crippen molar-refractivity contribution in [1.29, 1.82) is 0 Å². The van der Waals surface area contributed by atoms with E-state index in [-0.39, 0.29) is 5.82 Å². The Morgan fingerprint density at radius 1 is 0.952 bits per heavy atom. The monoisotopic (exact) mass is 364 g/mol. The van der Waals surface area contributed by atoms with Crippen molar-refractivity contribution >= 4 is 45.1 Å². The second-order valence-corrected chi connectivity index (χ2v) is 6.12. The molecule has 1 aliphatic rings. The third-order valence-electron chi connectivity index (χ3n) is 3.15. The highest BCUT2D eigenvalue weighted by molar-refractivity contribution is 9.09. The van der Waals surface area contributed by atoms with Crippen molar-refractivity contribution in [3.8, 4) is 0 Å². The minimum atomic E-state index is -0.211. The minimum Gasteiger partial charge on any atom is -0.292 e. The molecule has 0 saturated carbocycles. The molecule has 2 aromatic carbocycles. The van der Waals surface area contributed by atoms with Crippen LogP contribution >= 0.6 is 28.1 Å². The number of hydrogen-bond donors (Lipinski definition) is 0. The molecule has 108 valence electrons. The summed E-state index contributed by atoms with van der Waals surface area (Å²) in [5.41, 5.74) is 2.70. The maximum Gasteiger partial charge on any atom is 0.147 e. The van der Waals surface area contributed by atoms with Gasteiger partial charge in [0, 0.05) is 11.9 Å². The summed E-state index contributed by atoms with van der Waals surface area (Å²) in [4.78, 5) is 0. The van der Waals surface area contributed by atoms with Crippen molar-refractivity contribution in [2.45, 2.75) is 0 Å². The number of para-hydroxylation sites is 3. The summed E-state index contributed by atoms with van der Waals surface area (Å²) in [6.45, 7) is 0.776. The first kappa shape index (κ1) is 14.5. The molecule has 3 rings (SSSR count). The van der Waals surface area contributed by atoms with E-state index in [1.54, 1.807) is 12.1 Å². The molecule has 0 N–H and O–H groups in total. The molecule has 0 aromatic heterocycles. The number of alkyl halides is 1. The Kier molecular flexibility index (Phi) is 4.51. The number of rotatable bonds is 4. The Morgan fingerprint density at radius 2 is 1.62 bits per heavy atom. The molecule has 0 fully saturated rings. The SMILES string of the molecule is Fc1ccccc1N1SN(CC=CCBr)c2ccccc21. The molecule has 0 aliphatic carbocycles. The summed E-state index contributed by atoms with van der Waals surface area (Å²) in [6.07, 6.45) is 4.16. The van der Waals surface area contributed by atoms with Gasteiger partial charge in [-0.25, -0.2) is 4.39 Å². The van der Waals surface area contributed by atoms with Crippen molar-refractivity contribution in [3.05, 3.63) is 66.5 Å². The van der Waals surface area contributed by atoms with Crippen molar-refractivity contribution in [3.63, 3.8) is 0 Å². The first-order chi connectivity index (χ1) is 10.3. The third-order valence-corrected chi connectivity index (χ3v) is 4.62. The predicted molar refractivity (Wildman–Crippen MR) is 92.9 cm³/mol. The summed E-state index contributed by atoms with van der Waals surface area (Å²) in [6, 6.07) is 14.9. The van der Waals surface area contributed by atoms with Gasteiger partial charge in [0.1, 0.15) is 5.82 Å². The van der Waals surface area contributed by atoms with Gasteiger partial charge in [-0.3, -0.25) is 8.61 Å². The highest BCUT2D eigenvalue weighted by atomic mass is 79.9. The highest BCUT2D eigenvalue weighted by Crippen LogP contribution is 2.49. The molecule has 21 heavy (non-hydrogen) atoms. The van der Waals surface area contributed by atoms with Crippen LogP contribution in [0.25, 0.3) is 0 Å². The summed E-state index contributed by atoms with van der Waals surface area (Å²) < 4.78 is 18.2. The first-order valence-electron chi connectivity index (χ1n) is 6.61. The van der Waals surface area contributed by atoms with Gasteiger partial charge < -0.3 is 0 Å². The fourth-order valence-electron chi connectivity index (χ4n) is 2.19. The number of hydrogen-bond acceptors (Lipinski definition) is 3. The van der Waals surface area contributed by atoms with Crippen LogP contribution in [0.4, 0.5) is 21.5 Å². The van der Waals surface area contributed by atoms with E-state index in [0.717, 1.165) is 23.2 Å². The zero-order chi connectivity index (χ0) is 14.7. The molecule has 0 atom stereocenters. The summed E-state index contributed by atoms with van der Waals surface area (Å²) in [5.74, 6) is -0.211. The van der Waals surface area contributed by atoms with Gasteiger partial charge in [-0.05, 0) is 24.3 Å². The smallest absolute Gasteiger partial charge is 0.147 e. The van der Waals surface area contributed by atoms with Gasteiger partial charge in [-0.1, -0.05) is 52.3 Å². The van der Waals surface area contributed by atoms with Crippen LogP contribution in [0.5, 0.6) is 0 Å². The van der Waals surface area contributed by atoms with Gasteiger partial charge in [0.15, 0.2) is 0 Å². The summed E-state index contributed by atoms with van der Waals surface area (Å²) >= 11 is 4.89. The van der Waals surface area contributed by atoms with E-state index in [4.69, 9.17) is 0 Å². The van der Waals surface area contributed by atoms with E-state index in [1.807, 2.05) is 28.6 Å². The molecular formula is C16H14BrFN2S. The van der Waals surface area contributed by atoms with E-state index in [1.165, 1.54) is 18.2 Å². The maximum absolute atomic E-state index is 14.1. The van der Waals surface area contributed by atoms with Crippen molar-refractivity contribution in [1.82, 2.24) is 0 Å². The van der Waals surface area contributed by atoms with E-state index >= 15 is 0 Å². The average molecular weight is 365 g/mol. The molecule has 0 saturated heterocycles. The Labute approximate surface area is 136 Å². The number of nitrogens with zero attached hydrogens (tertiary/aromatic N) is 2. The number of benzene rings is 2. The van der Waals surface area contributed by atoms with Gasteiger partial charge in [0.2, 0.25) is 0 Å². The van der Waals surface area contributed by atoms with Gasteiger partial charge >= 0.3 is 0 Å². The standard InChI is InChI=1S/C16H14BrFN2S/c17-11-5-6-12-19-15-9-3-4-10-16(15)20(21-19)14-8-2-1-7-13(14)18/h1-10H,11-12H2. The lowest BCUT2D eigenvalue weighted by atomic mass is 10.2. The zero-order valence-corrected chi connectivity index (χ0v) is 13.6. The van der Waals surface area contributed by atoms with Crippen LogP contribution in [0.1, 0.15) is 0 Å². The second kappa shape index (κ2) is 6.54. The van der Waals surface area contributed by atoms with Crippen molar-refractivity contribution in [2.75, 3.05) is 20.5 Å². The van der Waals surface area contributed by atoms with Gasteiger partial charge in [-0.15, -0.1) is 0 Å². The third kappa shape index (κ3) is 2.94. The Balaban J connectivity index is 1.94. The van der Waals surface area contributed by atoms with Gasteiger partial charge in [-0.2, -0.15) is 0 Å². The van der Waals surface area contributed by atoms with Crippen LogP contribution in [0.3, 0.4) is 0 Å². The van der Waals surface area contributed by atoms with Crippen LogP contribution in [0.2, 0.25) is 0 Å². The molecule has 2 aromatic rings. The molecular weight excluding hydrogens is 351 g/mol. The molecule has 0 amide bonds. The fraction of sp³-hybridized carbons (Fsp3) is 0.125. The lowest BCUT2D eigenvalue weighted by molar-refractivity contribution is 0.630. The van der Waals surface area contributed by atoms with E-state index < -0.39 is 0 Å². The molecule has 0 bridgehead atoms. The quantitative estimate of drug-likeness (QED) is 0.413. The van der Waals surface area contributed by atoms with Gasteiger partial charge in [0.05, 0.1) is 29.2 Å². The molecule has 0 unspecified atom stereocenters.